The number of hydrogen-bond acceptors (Lipinski definition) is 6. The average Bonchev–Trinajstić information content (AvgIpc) is 3.51. The molecule has 4 heterocycles. The lowest BCUT2D eigenvalue weighted by molar-refractivity contribution is 0.216. The zero-order chi connectivity index (χ0) is 23.8. The normalized spacial score (nSPS) is 14.6. The number of pyridine rings is 2. The summed E-state index contributed by atoms with van der Waals surface area (Å²) in [5, 5.41) is 9.49. The number of hydrogen-bond donors (Lipinski definition) is 1. The molecule has 3 aromatic heterocycles. The van der Waals surface area contributed by atoms with E-state index in [1.165, 1.54) is 12.8 Å². The molecule has 0 aliphatic carbocycles. The van der Waals surface area contributed by atoms with Gasteiger partial charge in [-0.25, -0.2) is 4.98 Å². The second-order valence-corrected chi connectivity index (χ2v) is 9.18. The lowest BCUT2D eigenvalue weighted by Crippen LogP contribution is -2.18. The van der Waals surface area contributed by atoms with Gasteiger partial charge in [-0.2, -0.15) is 5.10 Å². The van der Waals surface area contributed by atoms with Gasteiger partial charge in [0.15, 0.2) is 11.5 Å². The molecular formula is C25H25Cl2N5O2. The Morgan fingerprint density at radius 3 is 2.56 bits per heavy atom. The van der Waals surface area contributed by atoms with Crippen LogP contribution < -0.4 is 14.4 Å². The van der Waals surface area contributed by atoms with Gasteiger partial charge in [-0.15, -0.1) is 0 Å². The Hall–Kier alpha value is -3.03. The van der Waals surface area contributed by atoms with E-state index < -0.39 is 6.10 Å². The summed E-state index contributed by atoms with van der Waals surface area (Å²) in [6.45, 7) is 5.85. The predicted octanol–water partition coefficient (Wildman–Crippen LogP) is 6.38. The molecule has 176 valence electrons. The molecule has 5 rings (SSSR count). The van der Waals surface area contributed by atoms with Gasteiger partial charge in [0.05, 0.1) is 28.4 Å². The molecule has 4 aromatic rings. The van der Waals surface area contributed by atoms with E-state index in [1.54, 1.807) is 13.3 Å². The molecule has 34 heavy (non-hydrogen) atoms. The van der Waals surface area contributed by atoms with Gasteiger partial charge >= 0.3 is 0 Å². The van der Waals surface area contributed by atoms with Crippen molar-refractivity contribution in [3.05, 3.63) is 58.0 Å². The zero-order valence-electron chi connectivity index (χ0n) is 19.2. The maximum atomic E-state index is 6.49. The van der Waals surface area contributed by atoms with Crippen molar-refractivity contribution >= 4 is 39.9 Å². The quantitative estimate of drug-likeness (QED) is 0.332. The summed E-state index contributed by atoms with van der Waals surface area (Å²) in [6, 6.07) is 7.91. The Bertz CT molecular complexity index is 1330. The van der Waals surface area contributed by atoms with Gasteiger partial charge in [-0.3, -0.25) is 10.1 Å². The Morgan fingerprint density at radius 1 is 1.06 bits per heavy atom. The third-order valence-corrected chi connectivity index (χ3v) is 6.97. The zero-order valence-corrected chi connectivity index (χ0v) is 20.7. The number of H-pyrrole nitrogens is 1. The standard InChI is InChI=1S/C25H25Cl2N5O2/c1-14-24(27)23(18(26)13-28-14)15(2)34-21-10-17-19(11-20(21)33-3)30-31-25(17)16-6-7-22(29-12-16)32-8-4-5-9-32/h6-7,10-13,15H,4-5,8-9H2,1-3H3,(H,30,31)/t15-/m1/s1. The summed E-state index contributed by atoms with van der Waals surface area (Å²) < 4.78 is 11.9. The van der Waals surface area contributed by atoms with Gasteiger partial charge in [0.25, 0.3) is 0 Å². The third-order valence-electron chi connectivity index (χ3n) is 6.19. The fourth-order valence-corrected chi connectivity index (χ4v) is 5.01. The molecule has 0 saturated carbocycles. The number of fused-ring (bicyclic) bond motifs is 1. The summed E-state index contributed by atoms with van der Waals surface area (Å²) in [5.74, 6) is 2.14. The van der Waals surface area contributed by atoms with Crippen LogP contribution in [-0.4, -0.2) is 40.4 Å². The van der Waals surface area contributed by atoms with Crippen LogP contribution >= 0.6 is 23.2 Å². The minimum absolute atomic E-state index is 0.426. The van der Waals surface area contributed by atoms with Crippen LogP contribution in [0.1, 0.15) is 37.1 Å². The summed E-state index contributed by atoms with van der Waals surface area (Å²) in [5.41, 5.74) is 3.94. The number of aromatic amines is 1. The van der Waals surface area contributed by atoms with E-state index >= 15 is 0 Å². The summed E-state index contributed by atoms with van der Waals surface area (Å²) in [6.07, 6.45) is 5.46. The monoisotopic (exact) mass is 497 g/mol. The van der Waals surface area contributed by atoms with Crippen molar-refractivity contribution in [1.82, 2.24) is 20.2 Å². The molecule has 1 atom stereocenters. The molecule has 9 heteroatoms. The van der Waals surface area contributed by atoms with Crippen LogP contribution in [0.25, 0.3) is 22.2 Å². The SMILES string of the molecule is COc1cc2[nH]nc(-c3ccc(N4CCCC4)nc3)c2cc1O[C@H](C)c1c(Cl)cnc(C)c1Cl. The van der Waals surface area contributed by atoms with Crippen molar-refractivity contribution < 1.29 is 9.47 Å². The molecule has 1 fully saturated rings. The summed E-state index contributed by atoms with van der Waals surface area (Å²) in [7, 11) is 1.60. The van der Waals surface area contributed by atoms with Crippen LogP contribution in [0.3, 0.4) is 0 Å². The lowest BCUT2D eigenvalue weighted by atomic mass is 10.1. The highest BCUT2D eigenvalue weighted by molar-refractivity contribution is 6.36. The van der Waals surface area contributed by atoms with E-state index in [1.807, 2.05) is 32.2 Å². The molecule has 7 nitrogen and oxygen atoms in total. The summed E-state index contributed by atoms with van der Waals surface area (Å²) >= 11 is 12.9. The van der Waals surface area contributed by atoms with Crippen molar-refractivity contribution in [2.75, 3.05) is 25.1 Å². The molecule has 0 spiro atoms. The minimum Gasteiger partial charge on any atom is -0.493 e. The highest BCUT2D eigenvalue weighted by atomic mass is 35.5. The number of methoxy groups -OCH3 is 1. The third kappa shape index (κ3) is 4.14. The smallest absolute Gasteiger partial charge is 0.162 e. The molecule has 0 amide bonds. The second-order valence-electron chi connectivity index (χ2n) is 8.40. The molecule has 1 aliphatic rings. The summed E-state index contributed by atoms with van der Waals surface area (Å²) in [4.78, 5) is 11.2. The van der Waals surface area contributed by atoms with Crippen molar-refractivity contribution in [2.24, 2.45) is 0 Å². The van der Waals surface area contributed by atoms with Crippen LogP contribution in [0.2, 0.25) is 10.0 Å². The number of aromatic nitrogens is 4. The molecule has 0 bridgehead atoms. The molecule has 1 N–H and O–H groups in total. The number of benzene rings is 1. The fraction of sp³-hybridized carbons (Fsp3) is 0.320. The number of rotatable bonds is 6. The average molecular weight is 498 g/mol. The topological polar surface area (TPSA) is 76.2 Å². The van der Waals surface area contributed by atoms with Crippen LogP contribution in [-0.2, 0) is 0 Å². The Kier molecular flexibility index (Phi) is 6.23. The Labute approximate surface area is 208 Å². The van der Waals surface area contributed by atoms with Gasteiger partial charge < -0.3 is 14.4 Å². The van der Waals surface area contributed by atoms with Crippen LogP contribution in [0.4, 0.5) is 5.82 Å². The largest absolute Gasteiger partial charge is 0.493 e. The number of nitrogens with zero attached hydrogens (tertiary/aromatic N) is 4. The highest BCUT2D eigenvalue weighted by Crippen LogP contribution is 2.40. The van der Waals surface area contributed by atoms with E-state index in [4.69, 9.17) is 32.7 Å². The first kappa shape index (κ1) is 22.7. The molecule has 1 aliphatic heterocycles. The van der Waals surface area contributed by atoms with Crippen molar-refractivity contribution in [3.8, 4) is 22.8 Å². The fourth-order valence-electron chi connectivity index (χ4n) is 4.36. The first-order valence-electron chi connectivity index (χ1n) is 11.2. The van der Waals surface area contributed by atoms with Gasteiger partial charge in [0, 0.05) is 48.1 Å². The van der Waals surface area contributed by atoms with Gasteiger partial charge in [-0.05, 0) is 44.9 Å². The van der Waals surface area contributed by atoms with Gasteiger partial charge in [0.1, 0.15) is 17.6 Å². The van der Waals surface area contributed by atoms with Gasteiger partial charge in [-0.1, -0.05) is 23.2 Å². The van der Waals surface area contributed by atoms with Crippen molar-refractivity contribution in [2.45, 2.75) is 32.8 Å². The number of anilines is 1. The van der Waals surface area contributed by atoms with Crippen molar-refractivity contribution in [1.29, 1.82) is 0 Å². The van der Waals surface area contributed by atoms with E-state index in [2.05, 4.69) is 37.2 Å². The van der Waals surface area contributed by atoms with E-state index in [-0.39, 0.29) is 0 Å². The lowest BCUT2D eigenvalue weighted by Gasteiger charge is -2.20. The predicted molar refractivity (Wildman–Crippen MR) is 135 cm³/mol. The van der Waals surface area contributed by atoms with E-state index in [0.29, 0.717) is 32.8 Å². The van der Waals surface area contributed by atoms with Crippen molar-refractivity contribution in [3.63, 3.8) is 0 Å². The second kappa shape index (κ2) is 9.31. The first-order chi connectivity index (χ1) is 16.5. The molecule has 1 aromatic carbocycles. The Morgan fingerprint density at radius 2 is 1.85 bits per heavy atom. The number of ether oxygens (including phenoxy) is 2. The van der Waals surface area contributed by atoms with Crippen LogP contribution in [0.15, 0.2) is 36.7 Å². The highest BCUT2D eigenvalue weighted by Gasteiger charge is 2.21. The minimum atomic E-state index is -0.426. The number of aryl methyl sites for hydroxylation is 1. The molecule has 0 unspecified atom stereocenters. The maximum Gasteiger partial charge on any atom is 0.162 e. The van der Waals surface area contributed by atoms with Crippen LogP contribution in [0.5, 0.6) is 11.5 Å². The Balaban J connectivity index is 1.50. The van der Waals surface area contributed by atoms with E-state index in [0.717, 1.165) is 41.1 Å². The van der Waals surface area contributed by atoms with E-state index in [9.17, 15) is 0 Å². The van der Waals surface area contributed by atoms with Gasteiger partial charge in [0.2, 0.25) is 0 Å². The maximum absolute atomic E-state index is 6.49. The number of halogens is 2. The molecule has 1 saturated heterocycles. The number of nitrogens with one attached hydrogen (secondary N) is 1. The molecule has 0 radical (unpaired) electrons. The van der Waals surface area contributed by atoms with Crippen LogP contribution in [0, 0.1) is 6.92 Å². The first-order valence-corrected chi connectivity index (χ1v) is 12.0. The molecular weight excluding hydrogens is 473 g/mol.